The van der Waals surface area contributed by atoms with E-state index in [1.807, 2.05) is 54.6 Å². The van der Waals surface area contributed by atoms with Crippen molar-refractivity contribution in [3.05, 3.63) is 90.3 Å². The molecule has 4 rings (SSSR count). The molecule has 0 atom stereocenters. The topological polar surface area (TPSA) is 56.2 Å². The highest BCUT2D eigenvalue weighted by Crippen LogP contribution is 2.19. The molecule has 4 aromatic rings. The number of carbonyl (C=O) groups excluding carboxylic acids is 1. The number of anilines is 1. The van der Waals surface area contributed by atoms with E-state index in [1.54, 1.807) is 4.57 Å². The summed E-state index contributed by atoms with van der Waals surface area (Å²) in [5.74, 6) is -1.11. The van der Waals surface area contributed by atoms with Gasteiger partial charge in [-0.2, -0.15) is 0 Å². The van der Waals surface area contributed by atoms with Crippen LogP contribution in [-0.2, 0) is 17.9 Å². The fourth-order valence-electron chi connectivity index (χ4n) is 2.99. The highest BCUT2D eigenvalue weighted by atomic mass is 19.2. The van der Waals surface area contributed by atoms with Gasteiger partial charge in [-0.05, 0) is 36.4 Å². The summed E-state index contributed by atoms with van der Waals surface area (Å²) < 4.78 is 34.0. The molecule has 0 aliphatic heterocycles. The summed E-state index contributed by atoms with van der Waals surface area (Å²) in [5.41, 5.74) is 1.69. The first kappa shape index (κ1) is 18.6. The van der Waals surface area contributed by atoms with Gasteiger partial charge in [0.25, 0.3) is 0 Å². The number of nitrogens with zero attached hydrogens (tertiary/aromatic N) is 2. The zero-order valence-electron chi connectivity index (χ0n) is 15.3. The zero-order chi connectivity index (χ0) is 20.2. The van der Waals surface area contributed by atoms with Crippen LogP contribution in [0.4, 0.5) is 14.5 Å². The Kier molecular flexibility index (Phi) is 5.20. The molecule has 29 heavy (non-hydrogen) atoms. The summed E-state index contributed by atoms with van der Waals surface area (Å²) in [6.07, 6.45) is 0. The predicted molar refractivity (Wildman–Crippen MR) is 105 cm³/mol. The molecule has 1 amide bonds. The fraction of sp³-hybridized carbons (Fsp3) is 0.0909. The number of carbonyl (C=O) groups is 1. The molecular formula is C22H17F2N3O2. The number of benzene rings is 3. The largest absolute Gasteiger partial charge is 0.486 e. The third-order valence-electron chi connectivity index (χ3n) is 4.35. The van der Waals surface area contributed by atoms with Crippen LogP contribution in [0.15, 0.2) is 72.8 Å². The van der Waals surface area contributed by atoms with E-state index in [9.17, 15) is 13.6 Å². The number of halogens is 2. The van der Waals surface area contributed by atoms with Gasteiger partial charge in [0.1, 0.15) is 24.7 Å². The molecule has 0 bridgehead atoms. The molecule has 0 aliphatic rings. The van der Waals surface area contributed by atoms with Gasteiger partial charge in [0, 0.05) is 11.8 Å². The lowest BCUT2D eigenvalue weighted by Gasteiger charge is -2.11. The highest BCUT2D eigenvalue weighted by Gasteiger charge is 2.15. The van der Waals surface area contributed by atoms with E-state index in [0.29, 0.717) is 11.6 Å². The summed E-state index contributed by atoms with van der Waals surface area (Å²) in [6, 6.07) is 20.0. The molecule has 7 heteroatoms. The Balaban J connectivity index is 1.56. The monoisotopic (exact) mass is 393 g/mol. The van der Waals surface area contributed by atoms with Crippen LogP contribution in [0.1, 0.15) is 5.82 Å². The number of ether oxygens (including phenoxy) is 1. The van der Waals surface area contributed by atoms with Crippen molar-refractivity contribution >= 4 is 22.6 Å². The van der Waals surface area contributed by atoms with Crippen LogP contribution >= 0.6 is 0 Å². The molecule has 0 aliphatic carbocycles. The van der Waals surface area contributed by atoms with Crippen LogP contribution < -0.4 is 10.1 Å². The third kappa shape index (κ3) is 4.24. The van der Waals surface area contributed by atoms with E-state index in [1.165, 1.54) is 6.07 Å². The number of aromatic nitrogens is 2. The van der Waals surface area contributed by atoms with Crippen molar-refractivity contribution in [2.45, 2.75) is 13.2 Å². The molecule has 146 valence electrons. The van der Waals surface area contributed by atoms with Crippen LogP contribution in [0.3, 0.4) is 0 Å². The maximum atomic E-state index is 13.4. The van der Waals surface area contributed by atoms with Gasteiger partial charge in [-0.25, -0.2) is 13.8 Å². The molecule has 1 aromatic heterocycles. The minimum Gasteiger partial charge on any atom is -0.486 e. The number of rotatable bonds is 6. The Morgan fingerprint density at radius 2 is 1.72 bits per heavy atom. The van der Waals surface area contributed by atoms with E-state index in [4.69, 9.17) is 4.74 Å². The number of amides is 1. The Hall–Kier alpha value is -3.74. The maximum absolute atomic E-state index is 13.4. The summed E-state index contributed by atoms with van der Waals surface area (Å²) in [4.78, 5) is 17.1. The molecule has 1 N–H and O–H groups in total. The van der Waals surface area contributed by atoms with Crippen LogP contribution in [0.5, 0.6) is 5.75 Å². The Labute approximate surface area is 165 Å². The van der Waals surface area contributed by atoms with Gasteiger partial charge in [0.2, 0.25) is 5.91 Å². The molecular weight excluding hydrogens is 376 g/mol. The van der Waals surface area contributed by atoms with Gasteiger partial charge in [0.15, 0.2) is 11.6 Å². The van der Waals surface area contributed by atoms with Gasteiger partial charge in [-0.1, -0.05) is 30.3 Å². The van der Waals surface area contributed by atoms with E-state index in [-0.39, 0.29) is 24.7 Å². The summed E-state index contributed by atoms with van der Waals surface area (Å²) in [5, 5.41) is 2.58. The minimum atomic E-state index is -1.02. The Morgan fingerprint density at radius 3 is 2.52 bits per heavy atom. The van der Waals surface area contributed by atoms with Crippen molar-refractivity contribution < 1.29 is 18.3 Å². The van der Waals surface area contributed by atoms with Crippen molar-refractivity contribution in [1.82, 2.24) is 9.55 Å². The second kappa shape index (κ2) is 8.10. The first-order chi connectivity index (χ1) is 14.1. The number of para-hydroxylation sites is 3. The zero-order valence-corrected chi connectivity index (χ0v) is 15.3. The summed E-state index contributed by atoms with van der Waals surface area (Å²) >= 11 is 0. The van der Waals surface area contributed by atoms with E-state index < -0.39 is 11.6 Å². The maximum Gasteiger partial charge on any atom is 0.244 e. The fourth-order valence-corrected chi connectivity index (χ4v) is 2.99. The summed E-state index contributed by atoms with van der Waals surface area (Å²) in [7, 11) is 0. The molecule has 5 nitrogen and oxygen atoms in total. The van der Waals surface area contributed by atoms with Crippen LogP contribution in [0, 0.1) is 11.6 Å². The van der Waals surface area contributed by atoms with E-state index in [0.717, 1.165) is 23.2 Å². The second-order valence-corrected chi connectivity index (χ2v) is 6.38. The lowest BCUT2D eigenvalue weighted by atomic mass is 10.3. The molecule has 0 saturated heterocycles. The van der Waals surface area contributed by atoms with E-state index >= 15 is 0 Å². The van der Waals surface area contributed by atoms with Crippen molar-refractivity contribution in [3.63, 3.8) is 0 Å². The van der Waals surface area contributed by atoms with Crippen molar-refractivity contribution in [1.29, 1.82) is 0 Å². The van der Waals surface area contributed by atoms with Crippen molar-refractivity contribution in [2.75, 3.05) is 5.32 Å². The lowest BCUT2D eigenvalue weighted by Crippen LogP contribution is -2.21. The molecule has 0 spiro atoms. The highest BCUT2D eigenvalue weighted by molar-refractivity contribution is 5.91. The molecule has 1 heterocycles. The SMILES string of the molecule is O=C(Cn1c(COc2ccccc2)nc2ccccc21)Nc1ccc(F)c(F)c1. The van der Waals surface area contributed by atoms with E-state index in [2.05, 4.69) is 10.3 Å². The smallest absolute Gasteiger partial charge is 0.244 e. The quantitative estimate of drug-likeness (QED) is 0.524. The first-order valence-electron chi connectivity index (χ1n) is 8.97. The van der Waals surface area contributed by atoms with Gasteiger partial charge in [-0.15, -0.1) is 0 Å². The molecule has 0 fully saturated rings. The number of hydrogen-bond acceptors (Lipinski definition) is 3. The third-order valence-corrected chi connectivity index (χ3v) is 4.35. The number of fused-ring (bicyclic) bond motifs is 1. The van der Waals surface area contributed by atoms with Crippen LogP contribution in [0.25, 0.3) is 11.0 Å². The number of imidazole rings is 1. The Morgan fingerprint density at radius 1 is 0.966 bits per heavy atom. The van der Waals surface area contributed by atoms with Gasteiger partial charge in [0.05, 0.1) is 11.0 Å². The van der Waals surface area contributed by atoms with Crippen molar-refractivity contribution in [3.8, 4) is 5.75 Å². The normalized spacial score (nSPS) is 10.8. The predicted octanol–water partition coefficient (Wildman–Crippen LogP) is 4.53. The molecule has 0 unspecified atom stereocenters. The van der Waals surface area contributed by atoms with Gasteiger partial charge >= 0.3 is 0 Å². The average molecular weight is 393 g/mol. The Bertz CT molecular complexity index is 1160. The standard InChI is InChI=1S/C22H17F2N3O2/c23-17-11-10-15(12-18(17)24)25-22(28)13-27-20-9-5-4-8-19(20)26-21(27)14-29-16-6-2-1-3-7-16/h1-12H,13-14H2,(H,25,28). The van der Waals surface area contributed by atoms with Gasteiger partial charge in [-0.3, -0.25) is 4.79 Å². The van der Waals surface area contributed by atoms with Crippen LogP contribution in [-0.4, -0.2) is 15.5 Å². The van der Waals surface area contributed by atoms with Crippen LogP contribution in [0.2, 0.25) is 0 Å². The number of nitrogens with one attached hydrogen (secondary N) is 1. The molecule has 0 radical (unpaired) electrons. The molecule has 3 aromatic carbocycles. The van der Waals surface area contributed by atoms with Crippen molar-refractivity contribution in [2.24, 2.45) is 0 Å². The average Bonchev–Trinajstić information content (AvgIpc) is 3.07. The first-order valence-corrected chi connectivity index (χ1v) is 8.97. The molecule has 0 saturated carbocycles. The minimum absolute atomic E-state index is 0.0486. The lowest BCUT2D eigenvalue weighted by molar-refractivity contribution is -0.116. The number of hydrogen-bond donors (Lipinski definition) is 1. The second-order valence-electron chi connectivity index (χ2n) is 6.38. The van der Waals surface area contributed by atoms with Gasteiger partial charge < -0.3 is 14.6 Å². The summed E-state index contributed by atoms with van der Waals surface area (Å²) in [6.45, 7) is 0.129.